The summed E-state index contributed by atoms with van der Waals surface area (Å²) in [6.07, 6.45) is 0.748. The van der Waals surface area contributed by atoms with Crippen LogP contribution in [0.5, 0.6) is 11.5 Å². The van der Waals surface area contributed by atoms with E-state index in [2.05, 4.69) is 16.3 Å². The molecule has 0 atom stereocenters. The zero-order valence-corrected chi connectivity index (χ0v) is 15.1. The minimum atomic E-state index is 0.0195. The minimum absolute atomic E-state index is 0.0195. The smallest absolute Gasteiger partial charge is 0.231 e. The zero-order valence-electron chi connectivity index (χ0n) is 13.5. The molecule has 128 valence electrons. The van der Waals surface area contributed by atoms with Crippen molar-refractivity contribution >= 4 is 28.9 Å². The van der Waals surface area contributed by atoms with Crippen molar-refractivity contribution in [2.75, 3.05) is 12.5 Å². The standard InChI is InChI=1S/C17H15N3O3S2/c1-20-16(8-12-3-2-6-24-12)18-19-17(20)25-9-13(21)11-4-5-14-15(7-11)23-10-22-14/h2-7H,8-10H2,1H3. The molecule has 3 aromatic rings. The van der Waals surface area contributed by atoms with Crippen LogP contribution in [0.2, 0.25) is 0 Å². The number of thioether (sulfide) groups is 1. The molecule has 1 aliphatic rings. The van der Waals surface area contributed by atoms with E-state index in [9.17, 15) is 4.79 Å². The molecule has 0 radical (unpaired) electrons. The Labute approximate surface area is 152 Å². The van der Waals surface area contributed by atoms with Crippen molar-refractivity contribution in [3.63, 3.8) is 0 Å². The molecule has 0 bridgehead atoms. The number of hydrogen-bond donors (Lipinski definition) is 0. The molecule has 0 N–H and O–H groups in total. The Morgan fingerprint density at radius 3 is 3.00 bits per heavy atom. The molecule has 4 rings (SSSR count). The predicted octanol–water partition coefficient (Wildman–Crippen LogP) is 3.17. The first-order valence-electron chi connectivity index (χ1n) is 7.67. The van der Waals surface area contributed by atoms with Crippen molar-refractivity contribution in [1.82, 2.24) is 14.8 Å². The molecule has 8 heteroatoms. The van der Waals surface area contributed by atoms with E-state index in [1.54, 1.807) is 29.5 Å². The van der Waals surface area contributed by atoms with Crippen LogP contribution in [0.3, 0.4) is 0 Å². The fraction of sp³-hybridized carbons (Fsp3) is 0.235. The van der Waals surface area contributed by atoms with Crippen molar-refractivity contribution in [3.8, 4) is 11.5 Å². The van der Waals surface area contributed by atoms with Gasteiger partial charge >= 0.3 is 0 Å². The van der Waals surface area contributed by atoms with E-state index >= 15 is 0 Å². The van der Waals surface area contributed by atoms with E-state index in [1.165, 1.54) is 16.6 Å². The van der Waals surface area contributed by atoms with Gasteiger partial charge in [-0.1, -0.05) is 17.8 Å². The predicted molar refractivity (Wildman–Crippen MR) is 95.7 cm³/mol. The van der Waals surface area contributed by atoms with E-state index in [1.807, 2.05) is 23.1 Å². The topological polar surface area (TPSA) is 66.2 Å². The SMILES string of the molecule is Cn1c(Cc2cccs2)nnc1SCC(=O)c1ccc2c(c1)OCO2. The minimum Gasteiger partial charge on any atom is -0.454 e. The third kappa shape index (κ3) is 3.40. The van der Waals surface area contributed by atoms with Gasteiger partial charge in [0.1, 0.15) is 5.82 Å². The van der Waals surface area contributed by atoms with E-state index < -0.39 is 0 Å². The average molecular weight is 373 g/mol. The second kappa shape index (κ2) is 6.89. The Kier molecular flexibility index (Phi) is 4.46. The third-order valence-electron chi connectivity index (χ3n) is 3.86. The lowest BCUT2D eigenvalue weighted by Crippen LogP contribution is -2.04. The number of aromatic nitrogens is 3. The fourth-order valence-electron chi connectivity index (χ4n) is 2.48. The van der Waals surface area contributed by atoms with Gasteiger partial charge in [-0.2, -0.15) is 0 Å². The number of nitrogens with zero attached hydrogens (tertiary/aromatic N) is 3. The molecular formula is C17H15N3O3S2. The van der Waals surface area contributed by atoms with Crippen LogP contribution >= 0.6 is 23.1 Å². The van der Waals surface area contributed by atoms with Crippen LogP contribution in [0.15, 0.2) is 40.9 Å². The second-order valence-electron chi connectivity index (χ2n) is 5.49. The highest BCUT2D eigenvalue weighted by Crippen LogP contribution is 2.33. The molecule has 25 heavy (non-hydrogen) atoms. The number of Topliss-reactive ketones (excluding diaryl/α,β-unsaturated/α-hetero) is 1. The maximum atomic E-state index is 12.4. The first-order valence-corrected chi connectivity index (χ1v) is 9.53. The highest BCUT2D eigenvalue weighted by molar-refractivity contribution is 7.99. The molecule has 0 saturated heterocycles. The van der Waals surface area contributed by atoms with E-state index in [-0.39, 0.29) is 12.6 Å². The summed E-state index contributed by atoms with van der Waals surface area (Å²) in [6, 6.07) is 9.35. The monoisotopic (exact) mass is 373 g/mol. The lowest BCUT2D eigenvalue weighted by molar-refractivity contribution is 0.102. The summed E-state index contributed by atoms with van der Waals surface area (Å²) in [5, 5.41) is 11.2. The van der Waals surface area contributed by atoms with Gasteiger partial charge in [0.15, 0.2) is 22.4 Å². The van der Waals surface area contributed by atoms with E-state index in [4.69, 9.17) is 9.47 Å². The van der Waals surface area contributed by atoms with Crippen LogP contribution in [-0.2, 0) is 13.5 Å². The number of benzene rings is 1. The van der Waals surface area contributed by atoms with Gasteiger partial charge in [0, 0.05) is 23.9 Å². The first kappa shape index (κ1) is 16.2. The molecule has 2 aromatic heterocycles. The number of carbonyl (C=O) groups is 1. The van der Waals surface area contributed by atoms with Crippen molar-refractivity contribution < 1.29 is 14.3 Å². The van der Waals surface area contributed by atoms with Gasteiger partial charge in [-0.25, -0.2) is 0 Å². The number of ketones is 1. The summed E-state index contributed by atoms with van der Waals surface area (Å²) in [7, 11) is 1.93. The Bertz CT molecular complexity index is 906. The second-order valence-corrected chi connectivity index (χ2v) is 7.47. The Hall–Kier alpha value is -2.32. The van der Waals surface area contributed by atoms with Crippen molar-refractivity contribution in [2.45, 2.75) is 11.6 Å². The number of rotatable bonds is 6. The number of hydrogen-bond acceptors (Lipinski definition) is 7. The molecule has 0 saturated carbocycles. The quantitative estimate of drug-likeness (QED) is 0.488. The Morgan fingerprint density at radius 2 is 2.16 bits per heavy atom. The largest absolute Gasteiger partial charge is 0.454 e. The number of thiophene rings is 1. The number of fused-ring (bicyclic) bond motifs is 1. The van der Waals surface area contributed by atoms with Crippen molar-refractivity contribution in [3.05, 3.63) is 52.0 Å². The Morgan fingerprint density at radius 1 is 1.28 bits per heavy atom. The normalized spacial score (nSPS) is 12.5. The van der Waals surface area contributed by atoms with Crippen LogP contribution in [0.25, 0.3) is 0 Å². The lowest BCUT2D eigenvalue weighted by Gasteiger charge is -2.04. The number of carbonyl (C=O) groups excluding carboxylic acids is 1. The molecule has 6 nitrogen and oxygen atoms in total. The summed E-state index contributed by atoms with van der Waals surface area (Å²) < 4.78 is 12.5. The van der Waals surface area contributed by atoms with Crippen LogP contribution in [0.4, 0.5) is 0 Å². The molecule has 1 aliphatic heterocycles. The van der Waals surface area contributed by atoms with Gasteiger partial charge in [-0.3, -0.25) is 4.79 Å². The van der Waals surface area contributed by atoms with Crippen LogP contribution in [0, 0.1) is 0 Å². The summed E-state index contributed by atoms with van der Waals surface area (Å²) in [6.45, 7) is 0.202. The van der Waals surface area contributed by atoms with Crippen molar-refractivity contribution in [2.24, 2.45) is 7.05 Å². The first-order chi connectivity index (χ1) is 12.2. The van der Waals surface area contributed by atoms with Gasteiger partial charge in [-0.15, -0.1) is 21.5 Å². The molecule has 1 aromatic carbocycles. The van der Waals surface area contributed by atoms with Crippen LogP contribution < -0.4 is 9.47 Å². The van der Waals surface area contributed by atoms with Crippen molar-refractivity contribution in [1.29, 1.82) is 0 Å². The summed E-state index contributed by atoms with van der Waals surface area (Å²) in [5.41, 5.74) is 0.609. The molecule has 0 fully saturated rings. The van der Waals surface area contributed by atoms with Gasteiger partial charge < -0.3 is 14.0 Å². The van der Waals surface area contributed by atoms with Gasteiger partial charge in [0.25, 0.3) is 0 Å². The molecule has 0 spiro atoms. The fourth-order valence-corrected chi connectivity index (χ4v) is 4.00. The van der Waals surface area contributed by atoms with E-state index in [0.717, 1.165) is 17.4 Å². The summed E-state index contributed by atoms with van der Waals surface area (Å²) >= 11 is 3.08. The number of ether oxygens (including phenoxy) is 2. The lowest BCUT2D eigenvalue weighted by atomic mass is 10.1. The molecule has 0 aliphatic carbocycles. The molecule has 3 heterocycles. The third-order valence-corrected chi connectivity index (χ3v) is 5.76. The summed E-state index contributed by atoms with van der Waals surface area (Å²) in [4.78, 5) is 13.7. The summed E-state index contributed by atoms with van der Waals surface area (Å²) in [5.74, 6) is 2.50. The molecule has 0 amide bonds. The van der Waals surface area contributed by atoms with E-state index in [0.29, 0.717) is 22.8 Å². The Balaban J connectivity index is 1.41. The maximum Gasteiger partial charge on any atom is 0.231 e. The highest BCUT2D eigenvalue weighted by atomic mass is 32.2. The van der Waals surface area contributed by atoms with Crippen LogP contribution in [-0.4, -0.2) is 33.1 Å². The molecular weight excluding hydrogens is 358 g/mol. The average Bonchev–Trinajstić information content (AvgIpc) is 3.36. The van der Waals surface area contributed by atoms with Gasteiger partial charge in [0.2, 0.25) is 6.79 Å². The zero-order chi connectivity index (χ0) is 17.2. The molecule has 0 unspecified atom stereocenters. The highest BCUT2D eigenvalue weighted by Gasteiger charge is 2.17. The van der Waals surface area contributed by atoms with Gasteiger partial charge in [0.05, 0.1) is 5.75 Å². The van der Waals surface area contributed by atoms with Gasteiger partial charge in [-0.05, 0) is 29.6 Å². The van der Waals surface area contributed by atoms with Crippen LogP contribution in [0.1, 0.15) is 21.1 Å². The maximum absolute atomic E-state index is 12.4.